The summed E-state index contributed by atoms with van der Waals surface area (Å²) in [6.45, 7) is 7.19. The summed E-state index contributed by atoms with van der Waals surface area (Å²) in [5, 5.41) is 3.37. The first-order valence-electron chi connectivity index (χ1n) is 7.10. The predicted molar refractivity (Wildman–Crippen MR) is 90.5 cm³/mol. The Hall–Kier alpha value is -1.81. The van der Waals surface area contributed by atoms with Crippen LogP contribution in [0.2, 0.25) is 0 Å². The Morgan fingerprint density at radius 1 is 0.952 bits per heavy atom. The molecular weight excluding hydrogens is 282 g/mol. The van der Waals surface area contributed by atoms with Crippen LogP contribution in [0.15, 0.2) is 41.3 Å². The zero-order chi connectivity index (χ0) is 15.2. The molecular formula is C17H21NO2S. The highest BCUT2D eigenvalue weighted by Gasteiger charge is 2.10. The summed E-state index contributed by atoms with van der Waals surface area (Å²) < 4.78 is 11.3. The van der Waals surface area contributed by atoms with Gasteiger partial charge in [0.05, 0.1) is 23.8 Å². The minimum atomic E-state index is 0.601. The quantitative estimate of drug-likeness (QED) is 0.750. The lowest BCUT2D eigenvalue weighted by Crippen LogP contribution is -2.00. The predicted octanol–water partition coefficient (Wildman–Crippen LogP) is 4.82. The number of aryl methyl sites for hydroxylation is 1. The lowest BCUT2D eigenvalue weighted by molar-refractivity contribution is 0.325. The lowest BCUT2D eigenvalue weighted by Gasteiger charge is -2.16. The summed E-state index contributed by atoms with van der Waals surface area (Å²) in [7, 11) is 0. The van der Waals surface area contributed by atoms with E-state index in [1.807, 2.05) is 38.1 Å². The van der Waals surface area contributed by atoms with Gasteiger partial charge in [0, 0.05) is 11.8 Å². The van der Waals surface area contributed by atoms with Gasteiger partial charge in [0.15, 0.2) is 0 Å². The molecule has 2 aromatic carbocycles. The van der Waals surface area contributed by atoms with Crippen LogP contribution in [0.5, 0.6) is 11.5 Å². The third-order valence-corrected chi connectivity index (χ3v) is 3.34. The molecule has 0 atom stereocenters. The maximum Gasteiger partial charge on any atom is 0.144 e. The van der Waals surface area contributed by atoms with E-state index in [9.17, 15) is 0 Å². The maximum absolute atomic E-state index is 5.68. The second-order valence-electron chi connectivity index (χ2n) is 4.67. The average Bonchev–Trinajstić information content (AvgIpc) is 2.46. The second-order valence-corrected chi connectivity index (χ2v) is 5.15. The summed E-state index contributed by atoms with van der Waals surface area (Å²) in [4.78, 5) is 0.773. The smallest absolute Gasteiger partial charge is 0.144 e. The van der Waals surface area contributed by atoms with E-state index >= 15 is 0 Å². The zero-order valence-electron chi connectivity index (χ0n) is 12.6. The van der Waals surface area contributed by atoms with Crippen LogP contribution in [0.25, 0.3) is 0 Å². The normalized spacial score (nSPS) is 10.3. The van der Waals surface area contributed by atoms with E-state index < -0.39 is 0 Å². The Labute approximate surface area is 131 Å². The SMILES string of the molecule is CCOc1cc(Nc2ccc(C)cc2)c(OCC)cc1S. The summed E-state index contributed by atoms with van der Waals surface area (Å²) in [5.41, 5.74) is 3.11. The Morgan fingerprint density at radius 3 is 2.19 bits per heavy atom. The second kappa shape index (κ2) is 7.27. The maximum atomic E-state index is 5.68. The van der Waals surface area contributed by atoms with Crippen molar-refractivity contribution in [3.05, 3.63) is 42.0 Å². The van der Waals surface area contributed by atoms with Crippen LogP contribution in [0.1, 0.15) is 19.4 Å². The van der Waals surface area contributed by atoms with E-state index in [1.54, 1.807) is 0 Å². The van der Waals surface area contributed by atoms with Gasteiger partial charge in [0.2, 0.25) is 0 Å². The molecule has 0 saturated carbocycles. The van der Waals surface area contributed by atoms with Crippen LogP contribution in [0.3, 0.4) is 0 Å². The van der Waals surface area contributed by atoms with Crippen LogP contribution in [-0.2, 0) is 0 Å². The molecule has 2 rings (SSSR count). The molecule has 0 heterocycles. The number of nitrogens with one attached hydrogen (secondary N) is 1. The first-order valence-corrected chi connectivity index (χ1v) is 7.55. The van der Waals surface area contributed by atoms with Gasteiger partial charge in [-0.2, -0.15) is 0 Å². The van der Waals surface area contributed by atoms with Gasteiger partial charge in [-0.25, -0.2) is 0 Å². The summed E-state index contributed by atoms with van der Waals surface area (Å²) in [6, 6.07) is 12.0. The van der Waals surface area contributed by atoms with E-state index in [2.05, 4.69) is 37.0 Å². The monoisotopic (exact) mass is 303 g/mol. The third kappa shape index (κ3) is 4.08. The van der Waals surface area contributed by atoms with Crippen LogP contribution in [0.4, 0.5) is 11.4 Å². The van der Waals surface area contributed by atoms with E-state index in [-0.39, 0.29) is 0 Å². The summed E-state index contributed by atoms with van der Waals surface area (Å²) >= 11 is 4.45. The summed E-state index contributed by atoms with van der Waals surface area (Å²) in [5.74, 6) is 1.52. The van der Waals surface area contributed by atoms with Gasteiger partial charge < -0.3 is 14.8 Å². The number of hydrogen-bond acceptors (Lipinski definition) is 4. The van der Waals surface area contributed by atoms with Crippen molar-refractivity contribution in [3.63, 3.8) is 0 Å². The third-order valence-electron chi connectivity index (χ3n) is 2.99. The number of benzene rings is 2. The highest BCUT2D eigenvalue weighted by atomic mass is 32.1. The molecule has 0 amide bonds. The number of anilines is 2. The molecule has 0 radical (unpaired) electrons. The van der Waals surface area contributed by atoms with E-state index in [4.69, 9.17) is 9.47 Å². The molecule has 112 valence electrons. The summed E-state index contributed by atoms with van der Waals surface area (Å²) in [6.07, 6.45) is 0. The first kappa shape index (κ1) is 15.6. The van der Waals surface area contributed by atoms with Gasteiger partial charge in [0.25, 0.3) is 0 Å². The molecule has 1 N–H and O–H groups in total. The number of hydrogen-bond donors (Lipinski definition) is 2. The molecule has 0 spiro atoms. The highest BCUT2D eigenvalue weighted by Crippen LogP contribution is 2.36. The lowest BCUT2D eigenvalue weighted by atomic mass is 10.2. The minimum Gasteiger partial charge on any atom is -0.493 e. The average molecular weight is 303 g/mol. The number of ether oxygens (including phenoxy) is 2. The molecule has 0 aliphatic rings. The molecule has 21 heavy (non-hydrogen) atoms. The Morgan fingerprint density at radius 2 is 1.57 bits per heavy atom. The molecule has 4 heteroatoms. The van der Waals surface area contributed by atoms with Crippen molar-refractivity contribution in [1.82, 2.24) is 0 Å². The Balaban J connectivity index is 2.34. The molecule has 0 bridgehead atoms. The Kier molecular flexibility index (Phi) is 5.39. The molecule has 0 aliphatic carbocycles. The topological polar surface area (TPSA) is 30.5 Å². The van der Waals surface area contributed by atoms with Gasteiger partial charge in [-0.1, -0.05) is 17.7 Å². The van der Waals surface area contributed by atoms with Gasteiger partial charge in [-0.3, -0.25) is 0 Å². The van der Waals surface area contributed by atoms with E-state index in [0.717, 1.165) is 27.8 Å². The largest absolute Gasteiger partial charge is 0.493 e. The zero-order valence-corrected chi connectivity index (χ0v) is 13.5. The molecule has 3 nitrogen and oxygen atoms in total. The standard InChI is InChI=1S/C17H21NO2S/c1-4-19-15-11-17(21)16(20-5-2)10-14(15)18-13-8-6-12(3)7-9-13/h6-11,18,21H,4-5H2,1-3H3. The molecule has 0 aromatic heterocycles. The van der Waals surface area contributed by atoms with Gasteiger partial charge in [-0.15, -0.1) is 12.6 Å². The molecule has 2 aromatic rings. The van der Waals surface area contributed by atoms with Crippen LogP contribution in [-0.4, -0.2) is 13.2 Å². The molecule has 0 aliphatic heterocycles. The fourth-order valence-electron chi connectivity index (χ4n) is 1.99. The van der Waals surface area contributed by atoms with E-state index in [1.165, 1.54) is 5.56 Å². The van der Waals surface area contributed by atoms with Crippen molar-refractivity contribution in [2.75, 3.05) is 18.5 Å². The highest BCUT2D eigenvalue weighted by molar-refractivity contribution is 7.80. The van der Waals surface area contributed by atoms with Crippen LogP contribution < -0.4 is 14.8 Å². The molecule has 0 unspecified atom stereocenters. The van der Waals surface area contributed by atoms with Crippen molar-refractivity contribution in [3.8, 4) is 11.5 Å². The van der Waals surface area contributed by atoms with Crippen molar-refractivity contribution in [1.29, 1.82) is 0 Å². The Bertz CT molecular complexity index is 596. The van der Waals surface area contributed by atoms with Crippen LogP contribution >= 0.6 is 12.6 Å². The fourth-order valence-corrected chi connectivity index (χ4v) is 2.23. The number of rotatable bonds is 6. The van der Waals surface area contributed by atoms with Crippen molar-refractivity contribution in [2.45, 2.75) is 25.7 Å². The number of thiol groups is 1. The van der Waals surface area contributed by atoms with Gasteiger partial charge in [-0.05, 0) is 39.0 Å². The van der Waals surface area contributed by atoms with Crippen LogP contribution in [0, 0.1) is 6.92 Å². The van der Waals surface area contributed by atoms with Gasteiger partial charge in [0.1, 0.15) is 11.5 Å². The van der Waals surface area contributed by atoms with Crippen molar-refractivity contribution in [2.24, 2.45) is 0 Å². The van der Waals surface area contributed by atoms with E-state index in [0.29, 0.717) is 13.2 Å². The first-order chi connectivity index (χ1) is 10.1. The fraction of sp³-hybridized carbons (Fsp3) is 0.294. The molecule has 0 saturated heterocycles. The molecule has 0 fully saturated rings. The minimum absolute atomic E-state index is 0.601. The van der Waals surface area contributed by atoms with Gasteiger partial charge >= 0.3 is 0 Å². The van der Waals surface area contributed by atoms with Crippen molar-refractivity contribution < 1.29 is 9.47 Å². The van der Waals surface area contributed by atoms with Crippen molar-refractivity contribution >= 4 is 24.0 Å².